The summed E-state index contributed by atoms with van der Waals surface area (Å²) in [5, 5.41) is 2.95. The highest BCUT2D eigenvalue weighted by Gasteiger charge is 2.16. The van der Waals surface area contributed by atoms with Gasteiger partial charge in [-0.25, -0.2) is 0 Å². The molecule has 26 heavy (non-hydrogen) atoms. The second-order valence-electron chi connectivity index (χ2n) is 6.05. The van der Waals surface area contributed by atoms with Crippen LogP contribution in [0.2, 0.25) is 0 Å². The van der Waals surface area contributed by atoms with Crippen LogP contribution in [-0.4, -0.2) is 40.8 Å². The van der Waals surface area contributed by atoms with Crippen molar-refractivity contribution in [3.8, 4) is 17.2 Å². The maximum absolute atomic E-state index is 12.3. The molecule has 2 aromatic rings. The van der Waals surface area contributed by atoms with Gasteiger partial charge in [0.25, 0.3) is 5.91 Å². The third kappa shape index (κ3) is 5.13. The summed E-state index contributed by atoms with van der Waals surface area (Å²) in [6, 6.07) is 13.4. The number of carbonyl (C=O) groups is 1. The number of hydrogen-bond donors (Lipinski definition) is 2. The topological polar surface area (TPSA) is 61.2 Å². The summed E-state index contributed by atoms with van der Waals surface area (Å²) in [6.07, 6.45) is 0. The zero-order valence-corrected chi connectivity index (χ0v) is 15.8. The van der Waals surface area contributed by atoms with Gasteiger partial charge in [0, 0.05) is 12.1 Å². The van der Waals surface area contributed by atoms with E-state index in [2.05, 4.69) is 5.32 Å². The maximum Gasteiger partial charge on any atom is 0.275 e. The second kappa shape index (κ2) is 9.68. The second-order valence-corrected chi connectivity index (χ2v) is 6.05. The summed E-state index contributed by atoms with van der Waals surface area (Å²) in [5.74, 6) is 2.16. The average Bonchev–Trinajstić information content (AvgIpc) is 2.66. The molecule has 6 nitrogen and oxygen atoms in total. The van der Waals surface area contributed by atoms with Crippen molar-refractivity contribution in [2.45, 2.75) is 13.1 Å². The summed E-state index contributed by atoms with van der Waals surface area (Å²) < 4.78 is 16.1. The van der Waals surface area contributed by atoms with Crippen molar-refractivity contribution in [2.75, 3.05) is 34.9 Å². The maximum atomic E-state index is 12.3. The fraction of sp³-hybridized carbons (Fsp3) is 0.350. The van der Waals surface area contributed by atoms with Gasteiger partial charge in [-0.2, -0.15) is 0 Å². The van der Waals surface area contributed by atoms with Gasteiger partial charge in [-0.3, -0.25) is 4.79 Å². The molecule has 2 N–H and O–H groups in total. The standard InChI is InChI=1S/C20H26N2O4/c1-22(13-16-9-7-11-18(25-3)20(16)26-4)14-19(23)21-12-15-8-5-6-10-17(15)24-2/h5-11H,12-14H2,1-4H3,(H,21,23)/p+1. The highest BCUT2D eigenvalue weighted by molar-refractivity contribution is 5.76. The van der Waals surface area contributed by atoms with Crippen LogP contribution >= 0.6 is 0 Å². The molecule has 2 rings (SSSR count). The molecule has 0 fully saturated rings. The number of rotatable bonds is 9. The minimum Gasteiger partial charge on any atom is -0.496 e. The fourth-order valence-corrected chi connectivity index (χ4v) is 2.86. The van der Waals surface area contributed by atoms with E-state index in [1.54, 1.807) is 21.3 Å². The molecule has 0 spiro atoms. The van der Waals surface area contributed by atoms with Crippen LogP contribution in [-0.2, 0) is 17.9 Å². The molecule has 0 aliphatic carbocycles. The lowest BCUT2D eigenvalue weighted by atomic mass is 10.1. The first kappa shape index (κ1) is 19.6. The molecule has 2 aromatic carbocycles. The highest BCUT2D eigenvalue weighted by Crippen LogP contribution is 2.29. The van der Waals surface area contributed by atoms with Gasteiger partial charge in [0.1, 0.15) is 12.3 Å². The quantitative estimate of drug-likeness (QED) is 0.702. The Bertz CT molecular complexity index is 734. The number of likely N-dealkylation sites (N-methyl/N-ethyl adjacent to an activating group) is 1. The van der Waals surface area contributed by atoms with Gasteiger partial charge in [0.2, 0.25) is 0 Å². The molecule has 0 aliphatic rings. The van der Waals surface area contributed by atoms with Crippen molar-refractivity contribution < 1.29 is 23.9 Å². The SMILES string of the molecule is COc1ccccc1CNC(=O)C[NH+](C)Cc1cccc(OC)c1OC. The van der Waals surface area contributed by atoms with Gasteiger partial charge in [-0.05, 0) is 18.2 Å². The Labute approximate surface area is 154 Å². The molecule has 1 unspecified atom stereocenters. The van der Waals surface area contributed by atoms with E-state index in [4.69, 9.17) is 14.2 Å². The molecule has 1 atom stereocenters. The Hall–Kier alpha value is -2.73. The predicted molar refractivity (Wildman–Crippen MR) is 99.8 cm³/mol. The van der Waals surface area contributed by atoms with Crippen LogP contribution in [0, 0.1) is 0 Å². The van der Waals surface area contributed by atoms with Gasteiger partial charge in [0.05, 0.1) is 33.9 Å². The van der Waals surface area contributed by atoms with Crippen molar-refractivity contribution in [1.82, 2.24) is 5.32 Å². The molecular formula is C20H27N2O4+. The molecule has 0 heterocycles. The van der Waals surface area contributed by atoms with Crippen LogP contribution in [0.1, 0.15) is 11.1 Å². The van der Waals surface area contributed by atoms with Crippen LogP contribution in [0.3, 0.4) is 0 Å². The molecule has 0 aliphatic heterocycles. The van der Waals surface area contributed by atoms with Gasteiger partial charge in [0.15, 0.2) is 18.0 Å². The molecule has 0 saturated heterocycles. The normalized spacial score (nSPS) is 11.5. The summed E-state index contributed by atoms with van der Waals surface area (Å²) in [6.45, 7) is 1.45. The Morgan fingerprint density at radius 3 is 2.27 bits per heavy atom. The van der Waals surface area contributed by atoms with E-state index in [0.29, 0.717) is 31.1 Å². The fourth-order valence-electron chi connectivity index (χ4n) is 2.86. The molecule has 6 heteroatoms. The Morgan fingerprint density at radius 1 is 0.923 bits per heavy atom. The number of carbonyl (C=O) groups excluding carboxylic acids is 1. The Kier molecular flexibility index (Phi) is 7.29. The number of para-hydroxylation sites is 2. The van der Waals surface area contributed by atoms with Crippen LogP contribution in [0.15, 0.2) is 42.5 Å². The van der Waals surface area contributed by atoms with E-state index < -0.39 is 0 Å². The minimum atomic E-state index is -0.0183. The first-order valence-electron chi connectivity index (χ1n) is 8.48. The molecule has 1 amide bonds. The number of amides is 1. The summed E-state index contributed by atoms with van der Waals surface area (Å²) in [5.41, 5.74) is 1.96. The van der Waals surface area contributed by atoms with E-state index in [-0.39, 0.29) is 5.91 Å². The molecule has 0 bridgehead atoms. The molecule has 0 radical (unpaired) electrons. The summed E-state index contributed by atoms with van der Waals surface area (Å²) in [7, 11) is 6.84. The van der Waals surface area contributed by atoms with Crippen LogP contribution < -0.4 is 24.4 Å². The highest BCUT2D eigenvalue weighted by atomic mass is 16.5. The lowest BCUT2D eigenvalue weighted by molar-refractivity contribution is -0.885. The minimum absolute atomic E-state index is 0.0183. The average molecular weight is 359 g/mol. The third-order valence-electron chi connectivity index (χ3n) is 4.11. The third-order valence-corrected chi connectivity index (χ3v) is 4.11. The van der Waals surface area contributed by atoms with E-state index in [1.165, 1.54) is 0 Å². The molecule has 0 saturated carbocycles. The van der Waals surface area contributed by atoms with Crippen molar-refractivity contribution in [3.05, 3.63) is 53.6 Å². The molecular weight excluding hydrogens is 332 g/mol. The molecule has 0 aromatic heterocycles. The van der Waals surface area contributed by atoms with E-state index >= 15 is 0 Å². The van der Waals surface area contributed by atoms with Crippen molar-refractivity contribution in [2.24, 2.45) is 0 Å². The number of hydrogen-bond acceptors (Lipinski definition) is 4. The monoisotopic (exact) mass is 359 g/mol. The lowest BCUT2D eigenvalue weighted by Crippen LogP contribution is -3.08. The van der Waals surface area contributed by atoms with Crippen molar-refractivity contribution in [3.63, 3.8) is 0 Å². The van der Waals surface area contributed by atoms with E-state index in [0.717, 1.165) is 21.8 Å². The lowest BCUT2D eigenvalue weighted by Gasteiger charge is -2.17. The number of nitrogens with one attached hydrogen (secondary N) is 2. The number of ether oxygens (including phenoxy) is 3. The van der Waals surface area contributed by atoms with Gasteiger partial charge in [-0.1, -0.05) is 24.3 Å². The zero-order valence-electron chi connectivity index (χ0n) is 15.8. The van der Waals surface area contributed by atoms with E-state index in [9.17, 15) is 4.79 Å². The van der Waals surface area contributed by atoms with Crippen LogP contribution in [0.25, 0.3) is 0 Å². The van der Waals surface area contributed by atoms with Gasteiger partial charge >= 0.3 is 0 Å². The van der Waals surface area contributed by atoms with Crippen molar-refractivity contribution >= 4 is 5.91 Å². The predicted octanol–water partition coefficient (Wildman–Crippen LogP) is 1.04. The smallest absolute Gasteiger partial charge is 0.275 e. The number of benzene rings is 2. The molecule has 140 valence electrons. The first-order valence-corrected chi connectivity index (χ1v) is 8.48. The van der Waals surface area contributed by atoms with Crippen LogP contribution in [0.5, 0.6) is 17.2 Å². The van der Waals surface area contributed by atoms with E-state index in [1.807, 2.05) is 49.5 Å². The Morgan fingerprint density at radius 2 is 1.58 bits per heavy atom. The summed E-state index contributed by atoms with van der Waals surface area (Å²) in [4.78, 5) is 13.3. The van der Waals surface area contributed by atoms with Gasteiger partial charge < -0.3 is 24.4 Å². The Balaban J connectivity index is 1.91. The van der Waals surface area contributed by atoms with Crippen LogP contribution in [0.4, 0.5) is 0 Å². The largest absolute Gasteiger partial charge is 0.496 e. The van der Waals surface area contributed by atoms with Gasteiger partial charge in [-0.15, -0.1) is 0 Å². The van der Waals surface area contributed by atoms with Crippen molar-refractivity contribution in [1.29, 1.82) is 0 Å². The summed E-state index contributed by atoms with van der Waals surface area (Å²) >= 11 is 0. The first-order chi connectivity index (χ1) is 12.6. The zero-order chi connectivity index (χ0) is 18.9. The number of quaternary nitrogens is 1. The number of methoxy groups -OCH3 is 3.